The maximum atomic E-state index is 11.8. The van der Waals surface area contributed by atoms with Gasteiger partial charge in [-0.15, -0.1) is 0 Å². The normalized spacial score (nSPS) is 11.6. The van der Waals surface area contributed by atoms with E-state index in [1.165, 1.54) is 5.57 Å². The molecule has 1 unspecified atom stereocenters. The Morgan fingerprint density at radius 1 is 1.20 bits per heavy atom. The summed E-state index contributed by atoms with van der Waals surface area (Å²) in [6, 6.07) is 8.47. The number of esters is 1. The molecule has 0 N–H and O–H groups in total. The van der Waals surface area contributed by atoms with Gasteiger partial charge >= 0.3 is 5.97 Å². The minimum atomic E-state index is -0.773. The third-order valence-corrected chi connectivity index (χ3v) is 2.99. The van der Waals surface area contributed by atoms with E-state index >= 15 is 0 Å². The molecule has 0 bridgehead atoms. The van der Waals surface area contributed by atoms with E-state index in [4.69, 9.17) is 4.74 Å². The highest BCUT2D eigenvalue weighted by molar-refractivity contribution is 6.40. The number of allylic oxidation sites excluding steroid dienone is 2. The van der Waals surface area contributed by atoms with E-state index < -0.39 is 11.8 Å². The molecule has 3 nitrogen and oxygen atoms in total. The van der Waals surface area contributed by atoms with Crippen LogP contribution in [0.5, 0.6) is 0 Å². The number of ketones is 1. The summed E-state index contributed by atoms with van der Waals surface area (Å²) in [6.07, 6.45) is 3.89. The van der Waals surface area contributed by atoms with Crippen LogP contribution in [0, 0.1) is 5.92 Å². The van der Waals surface area contributed by atoms with Crippen LogP contribution >= 0.6 is 0 Å². The van der Waals surface area contributed by atoms with Crippen LogP contribution in [0.1, 0.15) is 44.0 Å². The number of Topliss-reactive ketones (excluding diaryl/α,β-unsaturated/α-hetero) is 1. The molecular formula is C17H22O3. The van der Waals surface area contributed by atoms with Gasteiger partial charge in [-0.1, -0.05) is 48.9 Å². The van der Waals surface area contributed by atoms with Crippen molar-refractivity contribution < 1.29 is 14.3 Å². The third-order valence-electron chi connectivity index (χ3n) is 2.99. The van der Waals surface area contributed by atoms with Gasteiger partial charge in [0.25, 0.3) is 5.78 Å². The zero-order chi connectivity index (χ0) is 15.0. The first kappa shape index (κ1) is 16.2. The molecule has 1 atom stereocenters. The SMILES string of the molecule is CC(C)=CCC(C)CCOC(=O)C(=O)c1ccccc1. The first-order valence-corrected chi connectivity index (χ1v) is 6.90. The van der Waals surface area contributed by atoms with Gasteiger partial charge < -0.3 is 4.74 Å². The second-order valence-electron chi connectivity index (χ2n) is 5.24. The van der Waals surface area contributed by atoms with Crippen LogP contribution in [-0.4, -0.2) is 18.4 Å². The van der Waals surface area contributed by atoms with E-state index in [0.29, 0.717) is 11.5 Å². The van der Waals surface area contributed by atoms with Crippen molar-refractivity contribution in [2.45, 2.75) is 33.6 Å². The number of rotatable bonds is 7. The van der Waals surface area contributed by atoms with E-state index in [2.05, 4.69) is 26.8 Å². The van der Waals surface area contributed by atoms with Crippen molar-refractivity contribution in [2.24, 2.45) is 5.92 Å². The Labute approximate surface area is 120 Å². The molecule has 3 heteroatoms. The minimum Gasteiger partial charge on any atom is -0.460 e. The zero-order valence-electron chi connectivity index (χ0n) is 12.4. The Kier molecular flexibility index (Phi) is 6.71. The van der Waals surface area contributed by atoms with Gasteiger partial charge in [-0.3, -0.25) is 4.79 Å². The number of carbonyl (C=O) groups excluding carboxylic acids is 2. The fourth-order valence-electron chi connectivity index (χ4n) is 1.68. The molecule has 20 heavy (non-hydrogen) atoms. The Morgan fingerprint density at radius 2 is 1.85 bits per heavy atom. The highest BCUT2D eigenvalue weighted by Crippen LogP contribution is 2.10. The van der Waals surface area contributed by atoms with Crippen LogP contribution in [0.2, 0.25) is 0 Å². The lowest BCUT2D eigenvalue weighted by atomic mass is 10.0. The van der Waals surface area contributed by atoms with Crippen molar-refractivity contribution >= 4 is 11.8 Å². The van der Waals surface area contributed by atoms with Crippen LogP contribution in [0.3, 0.4) is 0 Å². The van der Waals surface area contributed by atoms with E-state index in [1.807, 2.05) is 0 Å². The van der Waals surface area contributed by atoms with Crippen LogP contribution in [0.25, 0.3) is 0 Å². The highest BCUT2D eigenvalue weighted by Gasteiger charge is 2.17. The molecule has 0 aromatic heterocycles. The second-order valence-corrected chi connectivity index (χ2v) is 5.24. The fourth-order valence-corrected chi connectivity index (χ4v) is 1.68. The van der Waals surface area contributed by atoms with Gasteiger partial charge in [0, 0.05) is 5.56 Å². The molecule has 1 aromatic rings. The molecule has 0 spiro atoms. The lowest BCUT2D eigenvalue weighted by Crippen LogP contribution is -2.18. The quantitative estimate of drug-likeness (QED) is 0.329. The van der Waals surface area contributed by atoms with Crippen molar-refractivity contribution in [3.8, 4) is 0 Å². The Bertz CT molecular complexity index is 470. The Morgan fingerprint density at radius 3 is 2.45 bits per heavy atom. The van der Waals surface area contributed by atoms with Gasteiger partial charge in [0.2, 0.25) is 0 Å². The summed E-state index contributed by atoms with van der Waals surface area (Å²) in [4.78, 5) is 23.4. The number of benzene rings is 1. The molecule has 0 radical (unpaired) electrons. The molecule has 108 valence electrons. The second kappa shape index (κ2) is 8.31. The van der Waals surface area contributed by atoms with Gasteiger partial charge in [0.05, 0.1) is 6.61 Å². The topological polar surface area (TPSA) is 43.4 Å². The maximum Gasteiger partial charge on any atom is 0.379 e. The summed E-state index contributed by atoms with van der Waals surface area (Å²) in [5.41, 5.74) is 1.66. The monoisotopic (exact) mass is 274 g/mol. The molecule has 0 amide bonds. The number of carbonyl (C=O) groups is 2. The first-order valence-electron chi connectivity index (χ1n) is 6.90. The van der Waals surface area contributed by atoms with Crippen LogP contribution in [0.4, 0.5) is 0 Å². The third kappa shape index (κ3) is 5.83. The molecule has 0 aliphatic heterocycles. The van der Waals surface area contributed by atoms with Crippen LogP contribution in [0.15, 0.2) is 42.0 Å². The lowest BCUT2D eigenvalue weighted by molar-refractivity contribution is -0.138. The summed E-state index contributed by atoms with van der Waals surface area (Å²) >= 11 is 0. The average Bonchev–Trinajstić information content (AvgIpc) is 2.45. The molecule has 0 aliphatic rings. The van der Waals surface area contributed by atoms with Crippen molar-refractivity contribution in [2.75, 3.05) is 6.61 Å². The molecule has 0 saturated carbocycles. The Balaban J connectivity index is 2.33. The van der Waals surface area contributed by atoms with Gasteiger partial charge in [-0.05, 0) is 32.6 Å². The standard InChI is InChI=1S/C17H22O3/c1-13(2)9-10-14(3)11-12-20-17(19)16(18)15-7-5-4-6-8-15/h4-9,14H,10-12H2,1-3H3. The largest absolute Gasteiger partial charge is 0.460 e. The van der Waals surface area contributed by atoms with Crippen molar-refractivity contribution in [1.29, 1.82) is 0 Å². The van der Waals surface area contributed by atoms with Gasteiger partial charge in [-0.2, -0.15) is 0 Å². The van der Waals surface area contributed by atoms with E-state index in [9.17, 15) is 9.59 Å². The summed E-state index contributed by atoms with van der Waals surface area (Å²) in [5, 5.41) is 0. The summed E-state index contributed by atoms with van der Waals surface area (Å²) < 4.78 is 5.03. The number of hydrogen-bond acceptors (Lipinski definition) is 3. The lowest BCUT2D eigenvalue weighted by Gasteiger charge is -2.09. The van der Waals surface area contributed by atoms with Crippen molar-refractivity contribution in [1.82, 2.24) is 0 Å². The smallest absolute Gasteiger partial charge is 0.379 e. The van der Waals surface area contributed by atoms with E-state index in [0.717, 1.165) is 12.8 Å². The maximum absolute atomic E-state index is 11.8. The van der Waals surface area contributed by atoms with Gasteiger partial charge in [0.1, 0.15) is 0 Å². The van der Waals surface area contributed by atoms with Crippen LogP contribution < -0.4 is 0 Å². The molecule has 0 aliphatic carbocycles. The highest BCUT2D eigenvalue weighted by atomic mass is 16.5. The predicted molar refractivity (Wildman–Crippen MR) is 79.6 cm³/mol. The first-order chi connectivity index (χ1) is 9.50. The van der Waals surface area contributed by atoms with Gasteiger partial charge in [0.15, 0.2) is 0 Å². The molecule has 1 rings (SSSR count). The van der Waals surface area contributed by atoms with Gasteiger partial charge in [-0.25, -0.2) is 4.79 Å². The number of ether oxygens (including phenoxy) is 1. The fraction of sp³-hybridized carbons (Fsp3) is 0.412. The van der Waals surface area contributed by atoms with E-state index in [-0.39, 0.29) is 6.61 Å². The molecule has 0 heterocycles. The summed E-state index contributed by atoms with van der Waals surface area (Å²) in [5.74, 6) is -0.919. The van der Waals surface area contributed by atoms with Crippen LogP contribution in [-0.2, 0) is 9.53 Å². The van der Waals surface area contributed by atoms with Crippen molar-refractivity contribution in [3.63, 3.8) is 0 Å². The molecular weight excluding hydrogens is 252 g/mol. The number of hydrogen-bond donors (Lipinski definition) is 0. The summed E-state index contributed by atoms with van der Waals surface area (Å²) in [6.45, 7) is 6.51. The van der Waals surface area contributed by atoms with Crippen molar-refractivity contribution in [3.05, 3.63) is 47.5 Å². The average molecular weight is 274 g/mol. The minimum absolute atomic E-state index is 0.287. The predicted octanol–water partition coefficient (Wildman–Crippen LogP) is 3.80. The molecule has 0 fully saturated rings. The Hall–Kier alpha value is -1.90. The molecule has 0 saturated heterocycles. The zero-order valence-corrected chi connectivity index (χ0v) is 12.4. The summed E-state index contributed by atoms with van der Waals surface area (Å²) in [7, 11) is 0. The van der Waals surface area contributed by atoms with E-state index in [1.54, 1.807) is 30.3 Å². The molecule has 1 aromatic carbocycles.